The Bertz CT molecular complexity index is 923. The van der Waals surface area contributed by atoms with E-state index in [1.54, 1.807) is 30.3 Å². The van der Waals surface area contributed by atoms with Gasteiger partial charge in [0.15, 0.2) is 4.32 Å². The van der Waals surface area contributed by atoms with Crippen molar-refractivity contribution in [2.45, 2.75) is 13.3 Å². The van der Waals surface area contributed by atoms with Crippen molar-refractivity contribution in [3.63, 3.8) is 0 Å². The van der Waals surface area contributed by atoms with Crippen LogP contribution in [0.15, 0.2) is 53.4 Å². The summed E-state index contributed by atoms with van der Waals surface area (Å²) in [5, 5.41) is 1.10. The molecule has 0 saturated carbocycles. The second-order valence-corrected chi connectivity index (χ2v) is 7.43. The number of hydrazine groups is 1. The van der Waals surface area contributed by atoms with E-state index in [0.717, 1.165) is 28.8 Å². The Labute approximate surface area is 167 Å². The summed E-state index contributed by atoms with van der Waals surface area (Å²) in [4.78, 5) is 25.7. The third kappa shape index (κ3) is 4.20. The Morgan fingerprint density at radius 1 is 1.22 bits per heavy atom. The van der Waals surface area contributed by atoms with Crippen LogP contribution >= 0.6 is 24.0 Å². The number of ether oxygens (including phenoxy) is 1. The normalized spacial score (nSPS) is 15.3. The van der Waals surface area contributed by atoms with Gasteiger partial charge in [0.1, 0.15) is 5.75 Å². The van der Waals surface area contributed by atoms with Crippen molar-refractivity contribution in [3.8, 4) is 5.75 Å². The van der Waals surface area contributed by atoms with Gasteiger partial charge in [0, 0.05) is 0 Å². The first kappa shape index (κ1) is 19.1. The van der Waals surface area contributed by atoms with E-state index < -0.39 is 5.91 Å². The first-order valence-corrected chi connectivity index (χ1v) is 9.57. The second-order valence-electron chi connectivity index (χ2n) is 5.75. The Morgan fingerprint density at radius 2 is 1.93 bits per heavy atom. The zero-order valence-corrected chi connectivity index (χ0v) is 16.5. The highest BCUT2D eigenvalue weighted by atomic mass is 32.2. The van der Waals surface area contributed by atoms with Crippen LogP contribution in [0.4, 0.5) is 0 Å². The minimum absolute atomic E-state index is 0.277. The molecule has 0 aromatic heterocycles. The summed E-state index contributed by atoms with van der Waals surface area (Å²) in [5.41, 5.74) is 5.02. The van der Waals surface area contributed by atoms with Crippen LogP contribution in [0.2, 0.25) is 0 Å². The van der Waals surface area contributed by atoms with Crippen molar-refractivity contribution in [3.05, 3.63) is 70.1 Å². The van der Waals surface area contributed by atoms with Crippen molar-refractivity contribution in [2.24, 2.45) is 0 Å². The van der Waals surface area contributed by atoms with E-state index >= 15 is 0 Å². The fourth-order valence-electron chi connectivity index (χ4n) is 2.56. The molecular formula is C20H18N2O3S2. The molecule has 0 radical (unpaired) electrons. The van der Waals surface area contributed by atoms with Crippen LogP contribution in [0.3, 0.4) is 0 Å². The summed E-state index contributed by atoms with van der Waals surface area (Å²) < 4.78 is 5.47. The molecule has 0 aliphatic carbocycles. The lowest BCUT2D eigenvalue weighted by atomic mass is 10.1. The van der Waals surface area contributed by atoms with Crippen molar-refractivity contribution < 1.29 is 14.3 Å². The van der Waals surface area contributed by atoms with Crippen LogP contribution in [0.5, 0.6) is 5.75 Å². The first-order valence-electron chi connectivity index (χ1n) is 8.34. The summed E-state index contributed by atoms with van der Waals surface area (Å²) in [5.74, 6) is -0.392. The second kappa shape index (κ2) is 8.37. The highest BCUT2D eigenvalue weighted by molar-refractivity contribution is 8.26. The Balaban J connectivity index is 1.77. The summed E-state index contributed by atoms with van der Waals surface area (Å²) in [7, 11) is 1.48. The van der Waals surface area contributed by atoms with Gasteiger partial charge in [0.2, 0.25) is 0 Å². The standard InChI is InChI=1S/C20H18N2O3S2/c1-3-13-8-10-14(11-9-13)12-17-19(24)22(20(26)27-17)21-18(23)15-6-4-5-7-16(15)25-2/h4-12H,3H2,1-2H3,(H,21,23)/b17-12+. The molecule has 0 atom stereocenters. The molecular weight excluding hydrogens is 380 g/mol. The SMILES string of the molecule is CCc1ccc(/C=C2/SC(=S)N(NC(=O)c3ccccc3OC)C2=O)cc1. The molecule has 1 saturated heterocycles. The monoisotopic (exact) mass is 398 g/mol. The molecule has 2 aromatic rings. The van der Waals surface area contributed by atoms with Crippen molar-refractivity contribution in [1.29, 1.82) is 0 Å². The zero-order chi connectivity index (χ0) is 19.4. The molecule has 0 unspecified atom stereocenters. The average Bonchev–Trinajstić information content (AvgIpc) is 2.95. The van der Waals surface area contributed by atoms with Gasteiger partial charge in [-0.3, -0.25) is 15.0 Å². The van der Waals surface area contributed by atoms with Crippen molar-refractivity contribution >= 4 is 46.2 Å². The average molecular weight is 399 g/mol. The molecule has 3 rings (SSSR count). The number of carbonyl (C=O) groups is 2. The molecule has 2 amide bonds. The molecule has 0 spiro atoms. The van der Waals surface area contributed by atoms with E-state index in [9.17, 15) is 9.59 Å². The number of amides is 2. The summed E-state index contributed by atoms with van der Waals surface area (Å²) in [6, 6.07) is 14.8. The van der Waals surface area contributed by atoms with E-state index in [-0.39, 0.29) is 10.2 Å². The van der Waals surface area contributed by atoms with E-state index in [2.05, 4.69) is 12.3 Å². The van der Waals surface area contributed by atoms with Gasteiger partial charge >= 0.3 is 0 Å². The molecule has 138 valence electrons. The molecule has 7 heteroatoms. The fourth-order valence-corrected chi connectivity index (χ4v) is 3.74. The van der Waals surface area contributed by atoms with E-state index in [1.807, 2.05) is 24.3 Å². The maximum Gasteiger partial charge on any atom is 0.285 e. The summed E-state index contributed by atoms with van der Waals surface area (Å²) in [6.45, 7) is 2.09. The van der Waals surface area contributed by atoms with Gasteiger partial charge < -0.3 is 4.74 Å². The lowest BCUT2D eigenvalue weighted by Gasteiger charge is -2.16. The maximum absolute atomic E-state index is 12.7. The molecule has 1 N–H and O–H groups in total. The Hall–Kier alpha value is -2.64. The third-order valence-corrected chi connectivity index (χ3v) is 5.35. The number of methoxy groups -OCH3 is 1. The Morgan fingerprint density at radius 3 is 2.59 bits per heavy atom. The molecule has 2 aromatic carbocycles. The van der Waals surface area contributed by atoms with Crippen molar-refractivity contribution in [2.75, 3.05) is 7.11 Å². The number of rotatable bonds is 5. The summed E-state index contributed by atoms with van der Waals surface area (Å²) in [6.07, 6.45) is 2.73. The number of carbonyl (C=O) groups excluding carboxylic acids is 2. The minimum atomic E-state index is -0.461. The molecule has 1 aliphatic rings. The lowest BCUT2D eigenvalue weighted by Crippen LogP contribution is -2.44. The van der Waals surface area contributed by atoms with Gasteiger partial charge in [-0.1, -0.05) is 55.1 Å². The van der Waals surface area contributed by atoms with Gasteiger partial charge in [-0.15, -0.1) is 0 Å². The van der Waals surface area contributed by atoms with Crippen LogP contribution in [-0.2, 0) is 11.2 Å². The number of nitrogens with zero attached hydrogens (tertiary/aromatic N) is 1. The fraction of sp³-hybridized carbons (Fsp3) is 0.150. The minimum Gasteiger partial charge on any atom is -0.496 e. The number of para-hydroxylation sites is 1. The number of thiocarbonyl (C=S) groups is 1. The molecule has 5 nitrogen and oxygen atoms in total. The topological polar surface area (TPSA) is 58.6 Å². The molecule has 1 fully saturated rings. The molecule has 0 bridgehead atoms. The Kier molecular flexibility index (Phi) is 5.93. The quantitative estimate of drug-likeness (QED) is 0.613. The van der Waals surface area contributed by atoms with E-state index in [4.69, 9.17) is 17.0 Å². The van der Waals surface area contributed by atoms with Crippen LogP contribution < -0.4 is 10.2 Å². The number of hydrogen-bond donors (Lipinski definition) is 1. The van der Waals surface area contributed by atoms with Gasteiger partial charge in [0.25, 0.3) is 11.8 Å². The highest BCUT2D eigenvalue weighted by Gasteiger charge is 2.34. The smallest absolute Gasteiger partial charge is 0.285 e. The number of thioether (sulfide) groups is 1. The number of hydrogen-bond acceptors (Lipinski definition) is 5. The van der Waals surface area contributed by atoms with Gasteiger partial charge in [-0.25, -0.2) is 0 Å². The highest BCUT2D eigenvalue weighted by Crippen LogP contribution is 2.31. The van der Waals surface area contributed by atoms with Crippen LogP contribution in [0.1, 0.15) is 28.4 Å². The van der Waals surface area contributed by atoms with Gasteiger partial charge in [-0.05, 0) is 48.0 Å². The predicted molar refractivity (Wildman–Crippen MR) is 111 cm³/mol. The van der Waals surface area contributed by atoms with E-state index in [1.165, 1.54) is 12.7 Å². The maximum atomic E-state index is 12.7. The van der Waals surface area contributed by atoms with Crippen molar-refractivity contribution in [1.82, 2.24) is 10.4 Å². The summed E-state index contributed by atoms with van der Waals surface area (Å²) >= 11 is 6.42. The molecule has 1 heterocycles. The van der Waals surface area contributed by atoms with E-state index in [0.29, 0.717) is 16.2 Å². The molecule has 27 heavy (non-hydrogen) atoms. The number of benzene rings is 2. The van der Waals surface area contributed by atoms with Crippen LogP contribution in [0, 0.1) is 0 Å². The lowest BCUT2D eigenvalue weighted by molar-refractivity contribution is -0.123. The largest absolute Gasteiger partial charge is 0.496 e. The first-order chi connectivity index (χ1) is 13.0. The number of aryl methyl sites for hydroxylation is 1. The number of nitrogens with one attached hydrogen (secondary N) is 1. The predicted octanol–water partition coefficient (Wildman–Crippen LogP) is 3.80. The van der Waals surface area contributed by atoms with Gasteiger partial charge in [0.05, 0.1) is 17.6 Å². The van der Waals surface area contributed by atoms with Crippen LogP contribution in [0.25, 0.3) is 6.08 Å². The molecule has 1 aliphatic heterocycles. The van der Waals surface area contributed by atoms with Crippen LogP contribution in [-0.4, -0.2) is 28.3 Å². The third-order valence-electron chi connectivity index (χ3n) is 4.04. The van der Waals surface area contributed by atoms with Gasteiger partial charge in [-0.2, -0.15) is 5.01 Å². The zero-order valence-electron chi connectivity index (χ0n) is 14.9.